The zero-order valence-corrected chi connectivity index (χ0v) is 9.68. The maximum atomic E-state index is 5.72. The van der Waals surface area contributed by atoms with Gasteiger partial charge in [-0.05, 0) is 26.0 Å². The van der Waals surface area contributed by atoms with Gasteiger partial charge in [-0.15, -0.1) is 0 Å². The minimum absolute atomic E-state index is 0.869. The topological polar surface area (TPSA) is 13.1 Å². The molecule has 0 bridgehead atoms. The van der Waals surface area contributed by atoms with E-state index < -0.39 is 0 Å². The van der Waals surface area contributed by atoms with E-state index in [2.05, 4.69) is 18.4 Å². The summed E-state index contributed by atoms with van der Waals surface area (Å²) in [6.07, 6.45) is 4.03. The molecule has 0 N–H and O–H groups in total. The Labute approximate surface area is 96.1 Å². The first-order valence-corrected chi connectivity index (χ1v) is 5.51. The molecule has 0 radical (unpaired) electrons. The summed E-state index contributed by atoms with van der Waals surface area (Å²) in [5.41, 5.74) is 1.24. The van der Waals surface area contributed by atoms with Crippen LogP contribution in [0.25, 0.3) is 0 Å². The van der Waals surface area contributed by atoms with Crippen molar-refractivity contribution in [1.29, 1.82) is 0 Å². The molecule has 1 aromatic carbocycles. The Morgan fingerprint density at radius 3 is 2.06 bits per heavy atom. The molecule has 0 aliphatic rings. The Morgan fingerprint density at radius 1 is 0.938 bits per heavy atom. The Kier molecular flexibility index (Phi) is 3.20. The summed E-state index contributed by atoms with van der Waals surface area (Å²) < 4.78 is 7.82. The molecule has 82 valence electrons. The van der Waals surface area contributed by atoms with Gasteiger partial charge in [-0.3, -0.25) is 0 Å². The lowest BCUT2D eigenvalue weighted by Gasteiger charge is -2.04. The monoisotopic (exact) mass is 214 g/mol. The van der Waals surface area contributed by atoms with E-state index in [0.717, 1.165) is 18.0 Å². The molecule has 0 fully saturated rings. The molecule has 2 aromatic rings. The van der Waals surface area contributed by atoms with Crippen LogP contribution in [0.3, 0.4) is 0 Å². The molecule has 2 rings (SSSR count). The van der Waals surface area contributed by atoms with E-state index in [9.17, 15) is 0 Å². The lowest BCUT2D eigenvalue weighted by Crippen LogP contribution is -2.30. The van der Waals surface area contributed by atoms with Gasteiger partial charge >= 0.3 is 0 Å². The van der Waals surface area contributed by atoms with Crippen LogP contribution in [-0.2, 0) is 6.54 Å². The van der Waals surface area contributed by atoms with Crippen molar-refractivity contribution in [3.05, 3.63) is 54.4 Å². The van der Waals surface area contributed by atoms with Crippen LogP contribution < -0.4 is 9.30 Å². The molecular weight excluding hydrogens is 198 g/mol. The molecule has 0 amide bonds. The molecular formula is C14H16NO+. The van der Waals surface area contributed by atoms with Crippen LogP contribution in [0.5, 0.6) is 11.5 Å². The summed E-state index contributed by atoms with van der Waals surface area (Å²) in [6, 6.07) is 12.0. The number of hydrogen-bond acceptors (Lipinski definition) is 1. The van der Waals surface area contributed by atoms with E-state index in [0.29, 0.717) is 0 Å². The van der Waals surface area contributed by atoms with E-state index in [1.807, 2.05) is 48.8 Å². The third kappa shape index (κ3) is 2.60. The molecule has 0 saturated heterocycles. The van der Waals surface area contributed by atoms with E-state index >= 15 is 0 Å². The normalized spacial score (nSPS) is 10.1. The van der Waals surface area contributed by atoms with Crippen molar-refractivity contribution in [2.75, 3.05) is 0 Å². The number of nitrogens with zero attached hydrogens (tertiary/aromatic N) is 1. The third-order valence-electron chi connectivity index (χ3n) is 2.48. The van der Waals surface area contributed by atoms with Gasteiger partial charge in [0.15, 0.2) is 12.4 Å². The highest BCUT2D eigenvalue weighted by molar-refractivity contribution is 5.31. The van der Waals surface area contributed by atoms with Crippen LogP contribution in [-0.4, -0.2) is 0 Å². The summed E-state index contributed by atoms with van der Waals surface area (Å²) in [4.78, 5) is 0. The van der Waals surface area contributed by atoms with Crippen LogP contribution in [0.15, 0.2) is 48.8 Å². The average molecular weight is 214 g/mol. The number of ether oxygens (including phenoxy) is 1. The van der Waals surface area contributed by atoms with E-state index in [1.165, 1.54) is 5.56 Å². The zero-order chi connectivity index (χ0) is 11.4. The quantitative estimate of drug-likeness (QED) is 0.715. The molecule has 2 nitrogen and oxygen atoms in total. The summed E-state index contributed by atoms with van der Waals surface area (Å²) in [5, 5.41) is 0. The number of aryl methyl sites for hydroxylation is 2. The second kappa shape index (κ2) is 4.79. The van der Waals surface area contributed by atoms with E-state index in [1.54, 1.807) is 0 Å². The molecule has 1 aromatic heterocycles. The number of benzene rings is 1. The minimum atomic E-state index is 0.869. The Hall–Kier alpha value is -1.83. The maximum Gasteiger partial charge on any atom is 0.172 e. The Bertz CT molecular complexity index is 445. The van der Waals surface area contributed by atoms with Crippen molar-refractivity contribution in [2.45, 2.75) is 20.4 Å². The fourth-order valence-electron chi connectivity index (χ4n) is 1.46. The largest absolute Gasteiger partial charge is 0.457 e. The SMILES string of the molecule is CC[n+]1ccc(Oc2ccc(C)cc2)cc1. The van der Waals surface area contributed by atoms with Gasteiger partial charge in [0.2, 0.25) is 0 Å². The highest BCUT2D eigenvalue weighted by Gasteiger charge is 2.00. The molecule has 0 spiro atoms. The van der Waals surface area contributed by atoms with Crippen molar-refractivity contribution in [1.82, 2.24) is 0 Å². The van der Waals surface area contributed by atoms with Gasteiger partial charge in [-0.1, -0.05) is 17.7 Å². The van der Waals surface area contributed by atoms with Crippen molar-refractivity contribution in [2.24, 2.45) is 0 Å². The fourth-order valence-corrected chi connectivity index (χ4v) is 1.46. The molecule has 1 heterocycles. The Balaban J connectivity index is 2.11. The van der Waals surface area contributed by atoms with Crippen LogP contribution >= 0.6 is 0 Å². The van der Waals surface area contributed by atoms with Gasteiger partial charge in [0.25, 0.3) is 0 Å². The summed E-state index contributed by atoms with van der Waals surface area (Å²) in [5.74, 6) is 1.74. The average Bonchev–Trinajstić information content (AvgIpc) is 2.33. The van der Waals surface area contributed by atoms with Gasteiger partial charge in [-0.2, -0.15) is 0 Å². The smallest absolute Gasteiger partial charge is 0.172 e. The fraction of sp³-hybridized carbons (Fsp3) is 0.214. The first-order valence-electron chi connectivity index (χ1n) is 5.51. The molecule has 16 heavy (non-hydrogen) atoms. The van der Waals surface area contributed by atoms with Gasteiger partial charge in [0, 0.05) is 12.1 Å². The summed E-state index contributed by atoms with van der Waals surface area (Å²) >= 11 is 0. The van der Waals surface area contributed by atoms with Gasteiger partial charge in [0.1, 0.15) is 18.0 Å². The number of pyridine rings is 1. The second-order valence-electron chi connectivity index (χ2n) is 3.78. The number of aromatic nitrogens is 1. The lowest BCUT2D eigenvalue weighted by molar-refractivity contribution is -0.693. The first-order chi connectivity index (χ1) is 7.78. The molecule has 0 aliphatic heterocycles. The molecule has 0 saturated carbocycles. The maximum absolute atomic E-state index is 5.72. The Morgan fingerprint density at radius 2 is 1.50 bits per heavy atom. The van der Waals surface area contributed by atoms with Crippen LogP contribution in [0.1, 0.15) is 12.5 Å². The zero-order valence-electron chi connectivity index (χ0n) is 9.68. The molecule has 0 atom stereocenters. The first kappa shape index (κ1) is 10.7. The van der Waals surface area contributed by atoms with E-state index in [4.69, 9.17) is 4.74 Å². The van der Waals surface area contributed by atoms with Crippen molar-refractivity contribution in [3.63, 3.8) is 0 Å². The highest BCUT2D eigenvalue weighted by atomic mass is 16.5. The second-order valence-corrected chi connectivity index (χ2v) is 3.78. The number of hydrogen-bond donors (Lipinski definition) is 0. The highest BCUT2D eigenvalue weighted by Crippen LogP contribution is 2.19. The number of rotatable bonds is 3. The summed E-state index contributed by atoms with van der Waals surface area (Å²) in [6.45, 7) is 5.15. The van der Waals surface area contributed by atoms with Crippen LogP contribution in [0.4, 0.5) is 0 Å². The van der Waals surface area contributed by atoms with Crippen molar-refractivity contribution in [3.8, 4) is 11.5 Å². The third-order valence-corrected chi connectivity index (χ3v) is 2.48. The van der Waals surface area contributed by atoms with E-state index in [-0.39, 0.29) is 0 Å². The van der Waals surface area contributed by atoms with Crippen molar-refractivity contribution < 1.29 is 9.30 Å². The van der Waals surface area contributed by atoms with Crippen LogP contribution in [0.2, 0.25) is 0 Å². The predicted octanol–water partition coefficient (Wildman–Crippen LogP) is 3.09. The minimum Gasteiger partial charge on any atom is -0.457 e. The van der Waals surface area contributed by atoms with Crippen LogP contribution in [0, 0.1) is 6.92 Å². The molecule has 0 aliphatic carbocycles. The molecule has 2 heteroatoms. The lowest BCUT2D eigenvalue weighted by atomic mass is 10.2. The molecule has 0 unspecified atom stereocenters. The standard InChI is InChI=1S/C14H16NO/c1-3-15-10-8-14(9-11-15)16-13-6-4-12(2)5-7-13/h4-11H,3H2,1-2H3/q+1. The van der Waals surface area contributed by atoms with Gasteiger partial charge in [0.05, 0.1) is 0 Å². The van der Waals surface area contributed by atoms with Crippen molar-refractivity contribution >= 4 is 0 Å². The summed E-state index contributed by atoms with van der Waals surface area (Å²) in [7, 11) is 0. The van der Waals surface area contributed by atoms with Gasteiger partial charge < -0.3 is 4.74 Å². The van der Waals surface area contributed by atoms with Gasteiger partial charge in [-0.25, -0.2) is 4.57 Å². The predicted molar refractivity (Wildman–Crippen MR) is 63.6 cm³/mol.